The van der Waals surface area contributed by atoms with Gasteiger partial charge in [-0.3, -0.25) is 19.9 Å². The molecule has 3 aromatic rings. The first-order valence-corrected chi connectivity index (χ1v) is 9.22. The number of alkyl halides is 3. The van der Waals surface area contributed by atoms with Gasteiger partial charge in [-0.2, -0.15) is 13.2 Å². The zero-order valence-electron chi connectivity index (χ0n) is 15.0. The Balaban J connectivity index is 1.72. The van der Waals surface area contributed by atoms with Crippen molar-refractivity contribution >= 4 is 22.9 Å². The van der Waals surface area contributed by atoms with Crippen LogP contribution in [-0.2, 0) is 6.54 Å². The van der Waals surface area contributed by atoms with Gasteiger partial charge in [0.1, 0.15) is 16.3 Å². The van der Waals surface area contributed by atoms with Crippen molar-refractivity contribution in [1.29, 1.82) is 0 Å². The van der Waals surface area contributed by atoms with Gasteiger partial charge in [-0.15, -0.1) is 11.3 Å². The molecule has 156 valence electrons. The largest absolute Gasteiger partial charge is 0.484 e. The second kappa shape index (κ2) is 8.86. The Bertz CT molecular complexity index is 1060. The van der Waals surface area contributed by atoms with Crippen LogP contribution in [0, 0.1) is 10.1 Å². The number of thiazole rings is 1. The van der Waals surface area contributed by atoms with Crippen molar-refractivity contribution in [2.45, 2.75) is 12.7 Å². The number of nitrogens with zero attached hydrogens (tertiary/aromatic N) is 3. The van der Waals surface area contributed by atoms with E-state index in [9.17, 15) is 28.1 Å². The zero-order chi connectivity index (χ0) is 21.7. The van der Waals surface area contributed by atoms with Crippen molar-refractivity contribution in [3.05, 3.63) is 68.8 Å². The molecule has 2 heterocycles. The summed E-state index contributed by atoms with van der Waals surface area (Å²) < 4.78 is 41.5. The van der Waals surface area contributed by atoms with Crippen LogP contribution in [-0.4, -0.2) is 33.6 Å². The molecule has 0 aliphatic rings. The number of carbonyl (C=O) groups is 1. The molecule has 0 radical (unpaired) electrons. The lowest BCUT2D eigenvalue weighted by Crippen LogP contribution is -2.24. The van der Waals surface area contributed by atoms with Gasteiger partial charge in [-0.25, -0.2) is 4.98 Å². The maximum atomic E-state index is 12.4. The monoisotopic (exact) mass is 438 g/mol. The topological polar surface area (TPSA) is 107 Å². The van der Waals surface area contributed by atoms with E-state index in [1.54, 1.807) is 29.9 Å². The summed E-state index contributed by atoms with van der Waals surface area (Å²) in [6, 6.07) is 6.37. The lowest BCUT2D eigenvalue weighted by Gasteiger charge is -2.10. The van der Waals surface area contributed by atoms with Gasteiger partial charge in [0, 0.05) is 29.4 Å². The number of pyridine rings is 1. The highest BCUT2D eigenvalue weighted by Gasteiger charge is 2.29. The van der Waals surface area contributed by atoms with Crippen molar-refractivity contribution < 1.29 is 27.6 Å². The Morgan fingerprint density at radius 2 is 1.97 bits per heavy atom. The summed E-state index contributed by atoms with van der Waals surface area (Å²) in [5, 5.41) is 16.0. The van der Waals surface area contributed by atoms with Crippen LogP contribution < -0.4 is 10.1 Å². The van der Waals surface area contributed by atoms with E-state index < -0.39 is 34.9 Å². The number of nitrogens with one attached hydrogen (secondary N) is 1. The number of carbonyl (C=O) groups excluding carboxylic acids is 1. The predicted molar refractivity (Wildman–Crippen MR) is 101 cm³/mol. The van der Waals surface area contributed by atoms with Gasteiger partial charge >= 0.3 is 6.18 Å². The minimum Gasteiger partial charge on any atom is -0.484 e. The molecular weight excluding hydrogens is 425 g/mol. The molecule has 30 heavy (non-hydrogen) atoms. The quantitative estimate of drug-likeness (QED) is 0.442. The van der Waals surface area contributed by atoms with E-state index in [0.29, 0.717) is 10.7 Å². The van der Waals surface area contributed by atoms with Gasteiger partial charge < -0.3 is 10.1 Å². The molecular formula is C18H13F3N4O4S. The first-order valence-electron chi connectivity index (χ1n) is 8.34. The molecule has 0 atom stereocenters. The molecule has 2 aromatic heterocycles. The smallest absolute Gasteiger partial charge is 0.422 e. The molecule has 12 heteroatoms. The van der Waals surface area contributed by atoms with E-state index in [2.05, 4.69) is 20.0 Å². The summed E-state index contributed by atoms with van der Waals surface area (Å²) >= 11 is 1.28. The van der Waals surface area contributed by atoms with E-state index >= 15 is 0 Å². The Kier molecular flexibility index (Phi) is 6.26. The average molecular weight is 438 g/mol. The van der Waals surface area contributed by atoms with Crippen LogP contribution in [0.5, 0.6) is 5.75 Å². The van der Waals surface area contributed by atoms with Gasteiger partial charge in [0.25, 0.3) is 11.6 Å². The molecule has 0 aliphatic heterocycles. The average Bonchev–Trinajstić information content (AvgIpc) is 3.19. The Morgan fingerprint density at radius 1 is 1.23 bits per heavy atom. The van der Waals surface area contributed by atoms with Crippen LogP contribution in [0.15, 0.2) is 48.1 Å². The Morgan fingerprint density at radius 3 is 2.63 bits per heavy atom. The minimum absolute atomic E-state index is 0.0145. The number of amides is 1. The molecule has 0 saturated heterocycles. The van der Waals surface area contributed by atoms with Gasteiger partial charge in [0.05, 0.1) is 17.2 Å². The summed E-state index contributed by atoms with van der Waals surface area (Å²) in [5.74, 6) is -1.14. The Hall–Kier alpha value is -3.54. The highest BCUT2D eigenvalue weighted by molar-refractivity contribution is 7.09. The van der Waals surface area contributed by atoms with E-state index in [0.717, 1.165) is 23.8 Å². The number of benzene rings is 1. The van der Waals surface area contributed by atoms with E-state index in [4.69, 9.17) is 0 Å². The first-order chi connectivity index (χ1) is 14.2. The fourth-order valence-corrected chi connectivity index (χ4v) is 3.15. The summed E-state index contributed by atoms with van der Waals surface area (Å²) in [7, 11) is 0. The molecule has 0 aliphatic carbocycles. The van der Waals surface area contributed by atoms with Gasteiger partial charge in [-0.05, 0) is 24.3 Å². The molecule has 3 rings (SSSR count). The number of nitro benzene ring substituents is 1. The number of nitro groups is 1. The van der Waals surface area contributed by atoms with Crippen LogP contribution in [0.2, 0.25) is 0 Å². The molecule has 0 spiro atoms. The zero-order valence-corrected chi connectivity index (χ0v) is 15.9. The molecule has 1 aromatic carbocycles. The standard InChI is InChI=1S/C18H13F3N4O4S/c19-18(20,21)10-29-12-1-2-15(25(27)28)13(7-12)17(26)23-8-16-24-14(9-30-16)11-3-5-22-6-4-11/h1-7,9H,8,10H2,(H,23,26). The first kappa shape index (κ1) is 21.2. The van der Waals surface area contributed by atoms with Crippen molar-refractivity contribution in [2.75, 3.05) is 6.61 Å². The molecule has 1 amide bonds. The summed E-state index contributed by atoms with van der Waals surface area (Å²) in [5.41, 5.74) is 0.554. The van der Waals surface area contributed by atoms with Crippen LogP contribution >= 0.6 is 11.3 Å². The van der Waals surface area contributed by atoms with Gasteiger partial charge in [-0.1, -0.05) is 0 Å². The van der Waals surface area contributed by atoms with Crippen LogP contribution in [0.4, 0.5) is 18.9 Å². The molecule has 1 N–H and O–H groups in total. The van der Waals surface area contributed by atoms with E-state index in [1.807, 2.05) is 0 Å². The molecule has 0 saturated carbocycles. The maximum absolute atomic E-state index is 12.4. The number of rotatable bonds is 7. The number of halogens is 3. The van der Waals surface area contributed by atoms with Crippen LogP contribution in [0.25, 0.3) is 11.3 Å². The molecule has 0 fully saturated rings. The predicted octanol–water partition coefficient (Wildman–Crippen LogP) is 3.98. The number of hydrogen-bond donors (Lipinski definition) is 1. The highest BCUT2D eigenvalue weighted by atomic mass is 32.1. The number of hydrogen-bond acceptors (Lipinski definition) is 7. The van der Waals surface area contributed by atoms with E-state index in [1.165, 1.54) is 11.3 Å². The maximum Gasteiger partial charge on any atom is 0.422 e. The van der Waals surface area contributed by atoms with Gasteiger partial charge in [0.2, 0.25) is 0 Å². The van der Waals surface area contributed by atoms with Crippen molar-refractivity contribution in [3.63, 3.8) is 0 Å². The third-order valence-corrected chi connectivity index (χ3v) is 4.59. The van der Waals surface area contributed by atoms with E-state index in [-0.39, 0.29) is 12.3 Å². The molecule has 0 unspecified atom stereocenters. The normalized spacial score (nSPS) is 11.2. The lowest BCUT2D eigenvalue weighted by atomic mass is 10.1. The highest BCUT2D eigenvalue weighted by Crippen LogP contribution is 2.26. The number of ether oxygens (including phenoxy) is 1. The van der Waals surface area contributed by atoms with Crippen molar-refractivity contribution in [3.8, 4) is 17.0 Å². The molecule has 8 nitrogen and oxygen atoms in total. The second-order valence-electron chi connectivity index (χ2n) is 5.88. The lowest BCUT2D eigenvalue weighted by molar-refractivity contribution is -0.385. The summed E-state index contributed by atoms with van der Waals surface area (Å²) in [4.78, 5) is 31.1. The SMILES string of the molecule is O=C(NCc1nc(-c2ccncc2)cs1)c1cc(OCC(F)(F)F)ccc1[N+](=O)[O-]. The minimum atomic E-state index is -4.58. The van der Waals surface area contributed by atoms with Crippen LogP contribution in [0.3, 0.4) is 0 Å². The summed E-state index contributed by atoms with van der Waals surface area (Å²) in [6.45, 7) is -1.60. The summed E-state index contributed by atoms with van der Waals surface area (Å²) in [6.07, 6.45) is -1.35. The van der Waals surface area contributed by atoms with Crippen LogP contribution in [0.1, 0.15) is 15.4 Å². The Labute approximate surface area is 171 Å². The molecule has 0 bridgehead atoms. The fourth-order valence-electron chi connectivity index (χ4n) is 2.41. The third-order valence-electron chi connectivity index (χ3n) is 3.74. The van der Waals surface area contributed by atoms with Gasteiger partial charge in [0.15, 0.2) is 6.61 Å². The van der Waals surface area contributed by atoms with Crippen molar-refractivity contribution in [2.24, 2.45) is 0 Å². The second-order valence-corrected chi connectivity index (χ2v) is 6.83. The van der Waals surface area contributed by atoms with Crippen molar-refractivity contribution in [1.82, 2.24) is 15.3 Å². The third kappa shape index (κ3) is 5.50. The number of aromatic nitrogens is 2. The fraction of sp³-hybridized carbons (Fsp3) is 0.167.